The SMILES string of the molecule is CC(C)(CNC(=O)CCCN1C(=O)c2ccccc2C1=O)N1CCCC1. The highest BCUT2D eigenvalue weighted by molar-refractivity contribution is 6.21. The fourth-order valence-electron chi connectivity index (χ4n) is 3.68. The molecule has 0 atom stereocenters. The van der Waals surface area contributed by atoms with Gasteiger partial charge in [0.2, 0.25) is 5.91 Å². The third kappa shape index (κ3) is 3.80. The maximum absolute atomic E-state index is 12.3. The highest BCUT2D eigenvalue weighted by Gasteiger charge is 2.34. The molecule has 2 aliphatic rings. The van der Waals surface area contributed by atoms with Crippen LogP contribution in [-0.2, 0) is 4.79 Å². The number of carbonyl (C=O) groups is 3. The van der Waals surface area contributed by atoms with Crippen LogP contribution in [0, 0.1) is 0 Å². The molecular formula is C20H27N3O3. The number of amides is 3. The van der Waals surface area contributed by atoms with Crippen molar-refractivity contribution < 1.29 is 14.4 Å². The number of carbonyl (C=O) groups excluding carboxylic acids is 3. The van der Waals surface area contributed by atoms with Crippen molar-refractivity contribution in [3.63, 3.8) is 0 Å². The molecule has 6 heteroatoms. The molecule has 3 rings (SSSR count). The topological polar surface area (TPSA) is 69.7 Å². The van der Waals surface area contributed by atoms with Crippen LogP contribution in [0.2, 0.25) is 0 Å². The van der Waals surface area contributed by atoms with Gasteiger partial charge in [-0.3, -0.25) is 24.2 Å². The fourth-order valence-corrected chi connectivity index (χ4v) is 3.68. The first-order valence-corrected chi connectivity index (χ1v) is 9.37. The highest BCUT2D eigenvalue weighted by Crippen LogP contribution is 2.23. The maximum atomic E-state index is 12.3. The Balaban J connectivity index is 1.43. The number of fused-ring (bicyclic) bond motifs is 1. The van der Waals surface area contributed by atoms with Gasteiger partial charge in [0.15, 0.2) is 0 Å². The lowest BCUT2D eigenvalue weighted by atomic mass is 10.0. The smallest absolute Gasteiger partial charge is 0.261 e. The Labute approximate surface area is 154 Å². The fraction of sp³-hybridized carbons (Fsp3) is 0.550. The molecular weight excluding hydrogens is 330 g/mol. The van der Waals surface area contributed by atoms with E-state index in [-0.39, 0.29) is 29.8 Å². The Morgan fingerprint density at radius 3 is 2.23 bits per heavy atom. The number of nitrogens with one attached hydrogen (secondary N) is 1. The molecule has 1 fully saturated rings. The van der Waals surface area contributed by atoms with Gasteiger partial charge in [-0.15, -0.1) is 0 Å². The minimum absolute atomic E-state index is 0.0334. The van der Waals surface area contributed by atoms with Crippen LogP contribution in [0.15, 0.2) is 24.3 Å². The summed E-state index contributed by atoms with van der Waals surface area (Å²) >= 11 is 0. The van der Waals surface area contributed by atoms with Gasteiger partial charge in [-0.25, -0.2) is 0 Å². The van der Waals surface area contributed by atoms with Gasteiger partial charge in [0.05, 0.1) is 11.1 Å². The third-order valence-corrected chi connectivity index (χ3v) is 5.34. The van der Waals surface area contributed by atoms with Gasteiger partial charge in [-0.1, -0.05) is 12.1 Å². The van der Waals surface area contributed by atoms with Gasteiger partial charge < -0.3 is 5.32 Å². The van der Waals surface area contributed by atoms with Gasteiger partial charge in [-0.05, 0) is 58.3 Å². The number of rotatable bonds is 7. The molecule has 1 aromatic rings. The molecule has 0 spiro atoms. The van der Waals surface area contributed by atoms with Crippen molar-refractivity contribution in [2.24, 2.45) is 0 Å². The number of imide groups is 1. The summed E-state index contributed by atoms with van der Waals surface area (Å²) in [5.74, 6) is -0.559. The van der Waals surface area contributed by atoms with E-state index in [1.165, 1.54) is 17.7 Å². The van der Waals surface area contributed by atoms with Crippen LogP contribution in [0.5, 0.6) is 0 Å². The Bertz CT molecular complexity index is 673. The molecule has 0 saturated carbocycles. The number of benzene rings is 1. The number of nitrogens with zero attached hydrogens (tertiary/aromatic N) is 2. The molecule has 0 bridgehead atoms. The van der Waals surface area contributed by atoms with E-state index >= 15 is 0 Å². The number of hydrogen-bond donors (Lipinski definition) is 1. The first kappa shape index (κ1) is 18.6. The van der Waals surface area contributed by atoms with E-state index in [1.54, 1.807) is 24.3 Å². The standard InChI is InChI=1S/C20H27N3O3/c1-20(2,22-11-5-6-12-22)14-21-17(24)10-7-13-23-18(25)15-8-3-4-9-16(15)19(23)26/h3-4,8-9H,5-7,10-14H2,1-2H3,(H,21,24). The van der Waals surface area contributed by atoms with Crippen molar-refractivity contribution in [1.82, 2.24) is 15.1 Å². The molecule has 6 nitrogen and oxygen atoms in total. The van der Waals surface area contributed by atoms with E-state index in [2.05, 4.69) is 24.1 Å². The quantitative estimate of drug-likeness (QED) is 0.759. The van der Waals surface area contributed by atoms with Gasteiger partial charge in [0.1, 0.15) is 0 Å². The number of likely N-dealkylation sites (tertiary alicyclic amines) is 1. The summed E-state index contributed by atoms with van der Waals surface area (Å²) < 4.78 is 0. The van der Waals surface area contributed by atoms with E-state index in [4.69, 9.17) is 0 Å². The summed E-state index contributed by atoms with van der Waals surface area (Å²) in [4.78, 5) is 40.4. The predicted octanol–water partition coefficient (Wildman–Crippen LogP) is 2.05. The van der Waals surface area contributed by atoms with E-state index in [0.717, 1.165) is 13.1 Å². The zero-order valence-electron chi connectivity index (χ0n) is 15.6. The zero-order chi connectivity index (χ0) is 18.7. The largest absolute Gasteiger partial charge is 0.354 e. The third-order valence-electron chi connectivity index (χ3n) is 5.34. The number of hydrogen-bond acceptors (Lipinski definition) is 4. The van der Waals surface area contributed by atoms with Crippen molar-refractivity contribution in [3.05, 3.63) is 35.4 Å². The van der Waals surface area contributed by atoms with Gasteiger partial charge in [0, 0.05) is 25.0 Å². The summed E-state index contributed by atoms with van der Waals surface area (Å²) in [6.45, 7) is 7.36. The lowest BCUT2D eigenvalue weighted by molar-refractivity contribution is -0.121. The molecule has 3 amide bonds. The van der Waals surface area contributed by atoms with E-state index < -0.39 is 0 Å². The monoisotopic (exact) mass is 357 g/mol. The minimum atomic E-state index is -0.263. The maximum Gasteiger partial charge on any atom is 0.261 e. The van der Waals surface area contributed by atoms with Crippen molar-refractivity contribution in [2.45, 2.75) is 45.1 Å². The Hall–Kier alpha value is -2.21. The summed E-state index contributed by atoms with van der Waals surface area (Å²) in [6.07, 6.45) is 3.22. The second-order valence-electron chi connectivity index (χ2n) is 7.69. The average molecular weight is 357 g/mol. The second-order valence-corrected chi connectivity index (χ2v) is 7.69. The van der Waals surface area contributed by atoms with Crippen LogP contribution < -0.4 is 5.32 Å². The average Bonchev–Trinajstić information content (AvgIpc) is 3.25. The first-order valence-electron chi connectivity index (χ1n) is 9.37. The van der Waals surface area contributed by atoms with E-state index in [9.17, 15) is 14.4 Å². The summed E-state index contributed by atoms with van der Waals surface area (Å²) in [7, 11) is 0. The second kappa shape index (κ2) is 7.58. The minimum Gasteiger partial charge on any atom is -0.354 e. The van der Waals surface area contributed by atoms with Gasteiger partial charge in [-0.2, -0.15) is 0 Å². The van der Waals surface area contributed by atoms with Crippen LogP contribution in [-0.4, -0.2) is 59.2 Å². The normalized spacial score (nSPS) is 17.7. The lowest BCUT2D eigenvalue weighted by Gasteiger charge is -2.35. The molecule has 1 aromatic carbocycles. The van der Waals surface area contributed by atoms with Crippen molar-refractivity contribution in [1.29, 1.82) is 0 Å². The molecule has 1 N–H and O–H groups in total. The lowest BCUT2D eigenvalue weighted by Crippen LogP contribution is -2.50. The first-order chi connectivity index (χ1) is 12.4. The van der Waals surface area contributed by atoms with E-state index in [0.29, 0.717) is 30.5 Å². The zero-order valence-corrected chi connectivity index (χ0v) is 15.6. The van der Waals surface area contributed by atoms with Crippen LogP contribution in [0.3, 0.4) is 0 Å². The summed E-state index contributed by atoms with van der Waals surface area (Å²) in [5.41, 5.74) is 0.859. The Morgan fingerprint density at radius 2 is 1.65 bits per heavy atom. The van der Waals surface area contributed by atoms with Gasteiger partial charge in [0.25, 0.3) is 11.8 Å². The van der Waals surface area contributed by atoms with Crippen LogP contribution >= 0.6 is 0 Å². The Morgan fingerprint density at radius 1 is 1.08 bits per heavy atom. The van der Waals surface area contributed by atoms with E-state index in [1.807, 2.05) is 0 Å². The molecule has 0 aromatic heterocycles. The molecule has 0 unspecified atom stereocenters. The van der Waals surface area contributed by atoms with Crippen molar-refractivity contribution in [3.8, 4) is 0 Å². The van der Waals surface area contributed by atoms with Crippen molar-refractivity contribution >= 4 is 17.7 Å². The molecule has 2 heterocycles. The molecule has 26 heavy (non-hydrogen) atoms. The molecule has 2 aliphatic heterocycles. The van der Waals surface area contributed by atoms with Crippen LogP contribution in [0.25, 0.3) is 0 Å². The summed E-state index contributed by atoms with van der Waals surface area (Å²) in [5, 5.41) is 3.00. The van der Waals surface area contributed by atoms with Crippen molar-refractivity contribution in [2.75, 3.05) is 26.2 Å². The highest BCUT2D eigenvalue weighted by atomic mass is 16.2. The Kier molecular flexibility index (Phi) is 5.41. The van der Waals surface area contributed by atoms with Crippen LogP contribution in [0.4, 0.5) is 0 Å². The van der Waals surface area contributed by atoms with Crippen LogP contribution in [0.1, 0.15) is 60.2 Å². The molecule has 140 valence electrons. The summed E-state index contributed by atoms with van der Waals surface area (Å²) in [6, 6.07) is 6.84. The van der Waals surface area contributed by atoms with Gasteiger partial charge >= 0.3 is 0 Å². The molecule has 1 saturated heterocycles. The molecule has 0 radical (unpaired) electrons. The predicted molar refractivity (Wildman–Crippen MR) is 98.9 cm³/mol. The molecule has 0 aliphatic carbocycles.